The minimum Gasteiger partial charge on any atom is -0.508 e. The van der Waals surface area contributed by atoms with Gasteiger partial charge in [-0.2, -0.15) is 25.3 Å². The topological polar surface area (TPSA) is 191 Å². The summed E-state index contributed by atoms with van der Waals surface area (Å²) in [4.78, 5) is 48.4. The van der Waals surface area contributed by atoms with E-state index in [0.29, 0.717) is 5.56 Å². The van der Waals surface area contributed by atoms with E-state index in [4.69, 9.17) is 10.8 Å². The maximum atomic E-state index is 12.6. The van der Waals surface area contributed by atoms with Crippen LogP contribution in [0.3, 0.4) is 0 Å². The highest BCUT2D eigenvalue weighted by Crippen LogP contribution is 2.11. The maximum Gasteiger partial charge on any atom is 0.327 e. The minimum absolute atomic E-state index is 0.0688. The highest BCUT2D eigenvalue weighted by molar-refractivity contribution is 7.80. The molecule has 0 fully saturated rings. The first-order chi connectivity index (χ1) is 15.0. The summed E-state index contributed by atoms with van der Waals surface area (Å²) in [6.45, 7) is 1.24. The van der Waals surface area contributed by atoms with Gasteiger partial charge in [0.25, 0.3) is 0 Å². The zero-order valence-corrected chi connectivity index (χ0v) is 19.1. The number of aliphatic carboxylic acids is 1. The molecule has 32 heavy (non-hydrogen) atoms. The Labute approximate surface area is 196 Å². The maximum absolute atomic E-state index is 12.6. The van der Waals surface area contributed by atoms with Gasteiger partial charge in [-0.3, -0.25) is 14.4 Å². The van der Waals surface area contributed by atoms with Gasteiger partial charge in [0.1, 0.15) is 23.9 Å². The highest BCUT2D eigenvalue weighted by atomic mass is 32.1. The number of amides is 3. The number of aromatic hydroxyl groups is 1. The van der Waals surface area contributed by atoms with Crippen molar-refractivity contribution in [3.8, 4) is 5.75 Å². The number of phenolic OH excluding ortho intramolecular Hbond substituents is 1. The van der Waals surface area contributed by atoms with Gasteiger partial charge in [-0.1, -0.05) is 12.1 Å². The Hall–Kier alpha value is -2.48. The van der Waals surface area contributed by atoms with Crippen molar-refractivity contribution in [2.45, 2.75) is 43.6 Å². The number of carbonyl (C=O) groups excluding carboxylic acids is 3. The summed E-state index contributed by atoms with van der Waals surface area (Å²) in [6, 6.07) is 1.14. The Morgan fingerprint density at radius 3 is 1.94 bits per heavy atom. The van der Waals surface area contributed by atoms with Crippen LogP contribution in [0.25, 0.3) is 0 Å². The molecule has 178 valence electrons. The van der Waals surface area contributed by atoms with E-state index in [1.165, 1.54) is 19.1 Å². The second kappa shape index (κ2) is 13.2. The fourth-order valence-corrected chi connectivity index (χ4v) is 3.06. The lowest BCUT2D eigenvalue weighted by Gasteiger charge is -2.25. The molecule has 0 bridgehead atoms. The monoisotopic (exact) mass is 488 g/mol. The molecular formula is C19H28N4O7S2. The van der Waals surface area contributed by atoms with Crippen LogP contribution in [0, 0.1) is 0 Å². The van der Waals surface area contributed by atoms with Crippen molar-refractivity contribution in [3.63, 3.8) is 0 Å². The molecule has 0 spiro atoms. The Balaban J connectivity index is 2.77. The van der Waals surface area contributed by atoms with Gasteiger partial charge in [-0.25, -0.2) is 4.79 Å². The number of rotatable bonds is 12. The molecule has 0 aliphatic heterocycles. The van der Waals surface area contributed by atoms with Crippen molar-refractivity contribution < 1.29 is 34.5 Å². The van der Waals surface area contributed by atoms with Crippen molar-refractivity contribution in [2.75, 3.05) is 11.5 Å². The highest BCUT2D eigenvalue weighted by Gasteiger charge is 2.32. The third-order valence-electron chi connectivity index (χ3n) is 4.40. The first-order valence-electron chi connectivity index (χ1n) is 9.57. The molecule has 8 N–H and O–H groups in total. The van der Waals surface area contributed by atoms with Crippen molar-refractivity contribution in [1.82, 2.24) is 16.0 Å². The first-order valence-corrected chi connectivity index (χ1v) is 10.8. The van der Waals surface area contributed by atoms with E-state index in [0.717, 1.165) is 0 Å². The number of carbonyl (C=O) groups is 4. The van der Waals surface area contributed by atoms with Gasteiger partial charge in [0.05, 0.1) is 12.1 Å². The largest absolute Gasteiger partial charge is 0.508 e. The molecule has 0 heterocycles. The SMILES string of the molecule is CC(O)C(NC(=O)C(CS)NC(=O)C(N)Cc1ccc(O)cc1)C(=O)NC(CS)C(=O)O. The number of hydrogen-bond acceptors (Lipinski definition) is 9. The van der Waals surface area contributed by atoms with E-state index in [1.54, 1.807) is 12.1 Å². The number of hydrogen-bond donors (Lipinski definition) is 9. The van der Waals surface area contributed by atoms with Gasteiger partial charge >= 0.3 is 5.97 Å². The van der Waals surface area contributed by atoms with E-state index >= 15 is 0 Å². The van der Waals surface area contributed by atoms with Crippen LogP contribution >= 0.6 is 25.3 Å². The summed E-state index contributed by atoms with van der Waals surface area (Å²) in [5.41, 5.74) is 6.58. The third-order valence-corrected chi connectivity index (χ3v) is 5.13. The van der Waals surface area contributed by atoms with Crippen LogP contribution in [0.5, 0.6) is 5.75 Å². The van der Waals surface area contributed by atoms with Gasteiger partial charge in [0.2, 0.25) is 17.7 Å². The number of nitrogens with two attached hydrogens (primary N) is 1. The Kier molecular flexibility index (Phi) is 11.3. The lowest BCUT2D eigenvalue weighted by molar-refractivity contribution is -0.142. The average Bonchev–Trinajstić information content (AvgIpc) is 2.74. The number of thiol groups is 2. The number of carboxylic acid groups (broad SMARTS) is 1. The molecule has 3 amide bonds. The molecule has 0 aliphatic carbocycles. The average molecular weight is 489 g/mol. The van der Waals surface area contributed by atoms with Gasteiger partial charge in [-0.15, -0.1) is 0 Å². The molecule has 13 heteroatoms. The van der Waals surface area contributed by atoms with Gasteiger partial charge < -0.3 is 37.0 Å². The quantitative estimate of drug-likeness (QED) is 0.151. The van der Waals surface area contributed by atoms with Crippen molar-refractivity contribution >= 4 is 48.9 Å². The zero-order valence-electron chi connectivity index (χ0n) is 17.3. The number of nitrogens with one attached hydrogen (secondary N) is 3. The molecule has 1 aromatic carbocycles. The van der Waals surface area contributed by atoms with Crippen LogP contribution in [0.1, 0.15) is 12.5 Å². The number of phenols is 1. The third kappa shape index (κ3) is 8.57. The zero-order chi connectivity index (χ0) is 24.4. The molecule has 0 aliphatic rings. The fourth-order valence-electron chi connectivity index (χ4n) is 2.56. The van der Waals surface area contributed by atoms with E-state index in [1.807, 2.05) is 0 Å². The molecular weight excluding hydrogens is 460 g/mol. The molecule has 0 aromatic heterocycles. The van der Waals surface area contributed by atoms with Crippen LogP contribution in [0.2, 0.25) is 0 Å². The predicted octanol–water partition coefficient (Wildman–Crippen LogP) is -1.96. The molecule has 0 radical (unpaired) electrons. The number of aliphatic hydroxyl groups is 1. The smallest absolute Gasteiger partial charge is 0.327 e. The summed E-state index contributed by atoms with van der Waals surface area (Å²) in [6.07, 6.45) is -1.22. The van der Waals surface area contributed by atoms with Crippen molar-refractivity contribution in [3.05, 3.63) is 29.8 Å². The first kappa shape index (κ1) is 27.6. The lowest BCUT2D eigenvalue weighted by Crippen LogP contribution is -2.60. The van der Waals surface area contributed by atoms with Gasteiger partial charge in [0, 0.05) is 11.5 Å². The standard InChI is InChI=1S/C19H28N4O7S2/c1-9(24)15(18(28)22-14(8-32)19(29)30)23-17(27)13(7-31)21-16(26)12(20)6-10-2-4-11(25)5-3-10/h2-5,9,12-15,24-25,31-32H,6-8,20H2,1H3,(H,21,26)(H,22,28)(H,23,27)(H,29,30). The lowest BCUT2D eigenvalue weighted by atomic mass is 10.1. The molecule has 11 nitrogen and oxygen atoms in total. The van der Waals surface area contributed by atoms with Crippen LogP contribution in [-0.4, -0.2) is 80.8 Å². The normalized spacial score (nSPS) is 15.5. The minimum atomic E-state index is -1.48. The van der Waals surface area contributed by atoms with Crippen LogP contribution in [0.4, 0.5) is 0 Å². The van der Waals surface area contributed by atoms with E-state index < -0.39 is 54.0 Å². The summed E-state index contributed by atoms with van der Waals surface area (Å²) in [5.74, 6) is -3.98. The number of benzene rings is 1. The second-order valence-electron chi connectivity index (χ2n) is 7.03. The summed E-state index contributed by atoms with van der Waals surface area (Å²) in [7, 11) is 0. The predicted molar refractivity (Wildman–Crippen MR) is 123 cm³/mol. The molecule has 5 unspecified atom stereocenters. The summed E-state index contributed by atoms with van der Waals surface area (Å²) >= 11 is 7.87. The van der Waals surface area contributed by atoms with Crippen molar-refractivity contribution in [1.29, 1.82) is 0 Å². The molecule has 1 rings (SSSR count). The van der Waals surface area contributed by atoms with E-state index in [-0.39, 0.29) is 23.7 Å². The summed E-state index contributed by atoms with van der Waals surface area (Å²) in [5, 5.41) is 35.1. The fraction of sp³-hybridized carbons (Fsp3) is 0.474. The second-order valence-corrected chi connectivity index (χ2v) is 7.76. The Morgan fingerprint density at radius 1 is 0.938 bits per heavy atom. The molecule has 0 saturated heterocycles. The van der Waals surface area contributed by atoms with Crippen LogP contribution in [-0.2, 0) is 25.6 Å². The van der Waals surface area contributed by atoms with E-state index in [2.05, 4.69) is 41.2 Å². The van der Waals surface area contributed by atoms with Crippen LogP contribution < -0.4 is 21.7 Å². The molecule has 0 saturated carbocycles. The Morgan fingerprint density at radius 2 is 1.47 bits per heavy atom. The number of aliphatic hydroxyl groups excluding tert-OH is 1. The van der Waals surface area contributed by atoms with E-state index in [9.17, 15) is 29.4 Å². The Bertz CT molecular complexity index is 807. The summed E-state index contributed by atoms with van der Waals surface area (Å²) < 4.78 is 0. The van der Waals surface area contributed by atoms with Gasteiger partial charge in [0.15, 0.2) is 0 Å². The van der Waals surface area contributed by atoms with Gasteiger partial charge in [-0.05, 0) is 31.0 Å². The number of carboxylic acids is 1. The van der Waals surface area contributed by atoms with Crippen molar-refractivity contribution in [2.24, 2.45) is 5.73 Å². The molecule has 5 atom stereocenters. The van der Waals surface area contributed by atoms with Crippen LogP contribution in [0.15, 0.2) is 24.3 Å². The molecule has 1 aromatic rings.